The first-order valence-electron chi connectivity index (χ1n) is 5.38. The normalized spacial score (nSPS) is 10.1. The van der Waals surface area contributed by atoms with Crippen LogP contribution in [0.5, 0.6) is 0 Å². The number of pyridine rings is 2. The third-order valence-electron chi connectivity index (χ3n) is 2.64. The molecule has 0 aliphatic carbocycles. The minimum absolute atomic E-state index is 0.348. The fourth-order valence-corrected chi connectivity index (χ4v) is 1.65. The monoisotopic (exact) mass is 241 g/mol. The van der Waals surface area contributed by atoms with Gasteiger partial charge in [-0.25, -0.2) is 4.39 Å². The second-order valence-corrected chi connectivity index (χ2v) is 3.75. The maximum Gasteiger partial charge on any atom is 0.153 e. The minimum Gasteiger partial charge on any atom is -0.262 e. The van der Waals surface area contributed by atoms with Gasteiger partial charge in [-0.2, -0.15) is 0 Å². The topological polar surface area (TPSA) is 38.1 Å². The lowest BCUT2D eigenvalue weighted by molar-refractivity contribution is 0.613. The van der Waals surface area contributed by atoms with Gasteiger partial charge < -0.3 is 0 Å². The molecule has 0 atom stereocenters. The Morgan fingerprint density at radius 1 is 1.39 bits per heavy atom. The third-order valence-corrected chi connectivity index (χ3v) is 2.64. The Bertz CT molecular complexity index is 620. The highest BCUT2D eigenvalue weighted by molar-refractivity contribution is 5.71. The van der Waals surface area contributed by atoms with Crippen LogP contribution in [0.3, 0.4) is 0 Å². The molecule has 2 aromatic rings. The van der Waals surface area contributed by atoms with Crippen LogP contribution in [0.2, 0.25) is 0 Å². The lowest BCUT2D eigenvalue weighted by Gasteiger charge is -2.06. The number of hydrogen-bond acceptors (Lipinski definition) is 3. The Morgan fingerprint density at radius 3 is 2.83 bits per heavy atom. The van der Waals surface area contributed by atoms with Crippen LogP contribution in [0.25, 0.3) is 17.3 Å². The third kappa shape index (κ3) is 2.05. The molecule has 2 aromatic heterocycles. The van der Waals surface area contributed by atoms with Crippen molar-refractivity contribution in [3.63, 3.8) is 0 Å². The summed E-state index contributed by atoms with van der Waals surface area (Å²) in [6.45, 7) is 8.76. The summed E-state index contributed by atoms with van der Waals surface area (Å²) < 4.78 is 13.9. The lowest BCUT2D eigenvalue weighted by Crippen LogP contribution is -1.94. The van der Waals surface area contributed by atoms with E-state index in [1.165, 1.54) is 0 Å². The van der Waals surface area contributed by atoms with E-state index in [0.29, 0.717) is 22.6 Å². The quantitative estimate of drug-likeness (QED) is 0.770. The number of hydrogen-bond donors (Lipinski definition) is 0. The summed E-state index contributed by atoms with van der Waals surface area (Å²) in [6, 6.07) is 3.33. The van der Waals surface area contributed by atoms with Gasteiger partial charge in [0.05, 0.1) is 23.3 Å². The molecule has 2 rings (SSSR count). The number of nitrogens with zero attached hydrogens (tertiary/aromatic N) is 3. The van der Waals surface area contributed by atoms with Crippen molar-refractivity contribution >= 4 is 18.5 Å². The molecule has 0 aliphatic heterocycles. The summed E-state index contributed by atoms with van der Waals surface area (Å²) in [5, 5.41) is 0. The molecule has 0 amide bonds. The largest absolute Gasteiger partial charge is 0.262 e. The summed E-state index contributed by atoms with van der Waals surface area (Å²) in [6.07, 6.45) is 4.75. The van der Waals surface area contributed by atoms with Crippen molar-refractivity contribution in [3.8, 4) is 11.3 Å². The average Bonchev–Trinajstić information content (AvgIpc) is 2.41. The van der Waals surface area contributed by atoms with Crippen LogP contribution >= 0.6 is 0 Å². The van der Waals surface area contributed by atoms with Crippen molar-refractivity contribution in [3.05, 3.63) is 48.2 Å². The Balaban J connectivity index is 2.61. The molecule has 0 aliphatic rings. The molecule has 0 saturated heterocycles. The standard InChI is InChI=1S/C14H12FN3/c1-4-10-7-12(18-8-13(10)16-3)11-5-6-17-9(2)14(11)15/h4-8H,1,3H2,2H3. The molecule has 3 nitrogen and oxygen atoms in total. The maximum absolute atomic E-state index is 13.9. The molecular weight excluding hydrogens is 229 g/mol. The van der Waals surface area contributed by atoms with Crippen molar-refractivity contribution in [2.45, 2.75) is 6.92 Å². The molecule has 90 valence electrons. The number of aryl methyl sites for hydroxylation is 1. The Hall–Kier alpha value is -2.36. The van der Waals surface area contributed by atoms with Crippen molar-refractivity contribution in [1.82, 2.24) is 9.97 Å². The van der Waals surface area contributed by atoms with E-state index in [4.69, 9.17) is 0 Å². The number of aliphatic imine (C=N–C) groups is 1. The highest BCUT2D eigenvalue weighted by atomic mass is 19.1. The molecule has 0 saturated carbocycles. The van der Waals surface area contributed by atoms with Gasteiger partial charge in [-0.1, -0.05) is 12.7 Å². The van der Waals surface area contributed by atoms with Gasteiger partial charge in [-0.3, -0.25) is 15.0 Å². The molecule has 0 bridgehead atoms. The predicted octanol–water partition coefficient (Wildman–Crippen LogP) is 3.57. The van der Waals surface area contributed by atoms with Crippen LogP contribution in [0.15, 0.2) is 36.1 Å². The smallest absolute Gasteiger partial charge is 0.153 e. The van der Waals surface area contributed by atoms with Gasteiger partial charge in [0, 0.05) is 17.3 Å². The van der Waals surface area contributed by atoms with E-state index in [0.717, 1.165) is 5.56 Å². The van der Waals surface area contributed by atoms with Crippen LogP contribution in [-0.2, 0) is 0 Å². The van der Waals surface area contributed by atoms with E-state index in [9.17, 15) is 4.39 Å². The highest BCUT2D eigenvalue weighted by Gasteiger charge is 2.10. The summed E-state index contributed by atoms with van der Waals surface area (Å²) >= 11 is 0. The predicted molar refractivity (Wildman–Crippen MR) is 71.5 cm³/mol. The van der Waals surface area contributed by atoms with Crippen LogP contribution in [0, 0.1) is 12.7 Å². The van der Waals surface area contributed by atoms with Crippen molar-refractivity contribution in [2.75, 3.05) is 0 Å². The highest BCUT2D eigenvalue weighted by Crippen LogP contribution is 2.27. The SMILES string of the molecule is C=Cc1cc(-c2ccnc(C)c2F)ncc1N=C. The van der Waals surface area contributed by atoms with Gasteiger partial charge in [0.15, 0.2) is 5.82 Å². The van der Waals surface area contributed by atoms with Gasteiger partial charge in [0.25, 0.3) is 0 Å². The molecule has 4 heteroatoms. The first kappa shape index (κ1) is 12.1. The number of rotatable bonds is 3. The summed E-state index contributed by atoms with van der Waals surface area (Å²) in [4.78, 5) is 11.9. The van der Waals surface area contributed by atoms with Crippen LogP contribution < -0.4 is 0 Å². The zero-order valence-corrected chi connectivity index (χ0v) is 10.0. The molecule has 18 heavy (non-hydrogen) atoms. The first-order valence-corrected chi connectivity index (χ1v) is 5.38. The van der Waals surface area contributed by atoms with Crippen LogP contribution in [-0.4, -0.2) is 16.7 Å². The zero-order valence-electron chi connectivity index (χ0n) is 10.0. The fraction of sp³-hybridized carbons (Fsp3) is 0.0714. The fourth-order valence-electron chi connectivity index (χ4n) is 1.65. The second-order valence-electron chi connectivity index (χ2n) is 3.75. The van der Waals surface area contributed by atoms with Gasteiger partial charge in [0.2, 0.25) is 0 Å². The molecule has 0 spiro atoms. The van der Waals surface area contributed by atoms with E-state index in [1.54, 1.807) is 37.5 Å². The van der Waals surface area contributed by atoms with Gasteiger partial charge in [-0.15, -0.1) is 0 Å². The van der Waals surface area contributed by atoms with E-state index in [-0.39, 0.29) is 5.82 Å². The number of halogens is 1. The molecule has 0 unspecified atom stereocenters. The van der Waals surface area contributed by atoms with Gasteiger partial charge in [-0.05, 0) is 25.8 Å². The van der Waals surface area contributed by atoms with Crippen molar-refractivity contribution < 1.29 is 4.39 Å². The average molecular weight is 241 g/mol. The summed E-state index contributed by atoms with van der Waals surface area (Å²) in [5.41, 5.74) is 2.69. The molecule has 0 radical (unpaired) electrons. The molecule has 0 fully saturated rings. The first-order chi connectivity index (χ1) is 8.67. The van der Waals surface area contributed by atoms with Crippen LogP contribution in [0.1, 0.15) is 11.3 Å². The lowest BCUT2D eigenvalue weighted by atomic mass is 10.1. The molecular formula is C14H12FN3. The Morgan fingerprint density at radius 2 is 2.17 bits per heavy atom. The van der Waals surface area contributed by atoms with Crippen molar-refractivity contribution in [2.24, 2.45) is 4.99 Å². The van der Waals surface area contributed by atoms with E-state index >= 15 is 0 Å². The second kappa shape index (κ2) is 4.87. The summed E-state index contributed by atoms with van der Waals surface area (Å²) in [5.74, 6) is -0.362. The molecule has 0 aromatic carbocycles. The van der Waals surface area contributed by atoms with E-state index < -0.39 is 0 Å². The minimum atomic E-state index is -0.362. The molecule has 2 heterocycles. The van der Waals surface area contributed by atoms with Gasteiger partial charge >= 0.3 is 0 Å². The van der Waals surface area contributed by atoms with Crippen LogP contribution in [0.4, 0.5) is 10.1 Å². The maximum atomic E-state index is 13.9. The van der Waals surface area contributed by atoms with Crippen molar-refractivity contribution in [1.29, 1.82) is 0 Å². The zero-order chi connectivity index (χ0) is 13.1. The molecule has 0 N–H and O–H groups in total. The Labute approximate surface area is 105 Å². The number of aromatic nitrogens is 2. The van der Waals surface area contributed by atoms with E-state index in [1.807, 2.05) is 0 Å². The summed E-state index contributed by atoms with van der Waals surface area (Å²) in [7, 11) is 0. The Kier molecular flexibility index (Phi) is 3.28. The van der Waals surface area contributed by atoms with E-state index in [2.05, 4.69) is 28.3 Å². The van der Waals surface area contributed by atoms with Gasteiger partial charge in [0.1, 0.15) is 0 Å².